The number of piperazine rings is 1. The van der Waals surface area contributed by atoms with Gasteiger partial charge in [0.25, 0.3) is 5.91 Å². The predicted molar refractivity (Wildman–Crippen MR) is 70.6 cm³/mol. The molecule has 0 aliphatic carbocycles. The van der Waals surface area contributed by atoms with Crippen LogP contribution < -0.4 is 5.32 Å². The van der Waals surface area contributed by atoms with Crippen molar-refractivity contribution in [3.63, 3.8) is 0 Å². The number of nitrogens with one attached hydrogen (secondary N) is 1. The molecule has 2 heterocycles. The van der Waals surface area contributed by atoms with Gasteiger partial charge in [-0.15, -0.1) is 0 Å². The summed E-state index contributed by atoms with van der Waals surface area (Å²) in [6.07, 6.45) is 1.58. The van der Waals surface area contributed by atoms with Crippen LogP contribution in [0.15, 0.2) is 24.4 Å². The lowest BCUT2D eigenvalue weighted by atomic mass is 10.1. The van der Waals surface area contributed by atoms with Crippen LogP contribution in [0, 0.1) is 0 Å². The monoisotopic (exact) mass is 262 g/mol. The van der Waals surface area contributed by atoms with Crippen molar-refractivity contribution in [1.29, 1.82) is 0 Å². The molecule has 1 N–H and O–H groups in total. The predicted octanol–water partition coefficient (Wildman–Crippen LogP) is -0.416. The molecule has 1 aliphatic heterocycles. The lowest BCUT2D eigenvalue weighted by Gasteiger charge is -2.38. The molecule has 0 spiro atoms. The Morgan fingerprint density at radius 2 is 2.16 bits per heavy atom. The number of carbonyl (C=O) groups excluding carboxylic acids is 2. The van der Waals surface area contributed by atoms with Gasteiger partial charge in [-0.1, -0.05) is 6.07 Å². The molecule has 1 aliphatic rings. The number of amides is 2. The highest BCUT2D eigenvalue weighted by molar-refractivity contribution is 5.96. The first kappa shape index (κ1) is 13.5. The molecular formula is C13H18N4O2. The maximum atomic E-state index is 12.4. The molecule has 0 aromatic carbocycles. The Morgan fingerprint density at radius 1 is 1.37 bits per heavy atom. The van der Waals surface area contributed by atoms with E-state index in [1.54, 1.807) is 36.3 Å². The van der Waals surface area contributed by atoms with Crippen molar-refractivity contribution in [3.05, 3.63) is 30.1 Å². The van der Waals surface area contributed by atoms with E-state index in [0.717, 1.165) is 6.54 Å². The topological polar surface area (TPSA) is 65.5 Å². The van der Waals surface area contributed by atoms with Gasteiger partial charge in [-0.25, -0.2) is 0 Å². The third kappa shape index (κ3) is 2.90. The van der Waals surface area contributed by atoms with E-state index in [0.29, 0.717) is 18.8 Å². The molecule has 2 amide bonds. The van der Waals surface area contributed by atoms with Crippen molar-refractivity contribution in [1.82, 2.24) is 20.1 Å². The minimum atomic E-state index is -0.460. The van der Waals surface area contributed by atoms with Gasteiger partial charge in [0, 0.05) is 32.9 Å². The highest BCUT2D eigenvalue weighted by Crippen LogP contribution is 2.12. The van der Waals surface area contributed by atoms with Gasteiger partial charge in [0.05, 0.1) is 0 Å². The standard InChI is InChI=1S/C13H18N4O2/c1-14-12(18)11-9-16(2)7-8-17(11)13(19)10-5-3-4-6-15-10/h3-6,11H,7-9H2,1-2H3,(H,14,18)/t11-/m0/s1. The van der Waals surface area contributed by atoms with E-state index in [4.69, 9.17) is 0 Å². The maximum absolute atomic E-state index is 12.4. The molecule has 1 aromatic rings. The van der Waals surface area contributed by atoms with Crippen molar-refractivity contribution in [3.8, 4) is 0 Å². The average Bonchev–Trinajstić information content (AvgIpc) is 2.46. The molecule has 0 radical (unpaired) electrons. The van der Waals surface area contributed by atoms with Crippen LogP contribution in [0.1, 0.15) is 10.5 Å². The molecule has 0 saturated carbocycles. The summed E-state index contributed by atoms with van der Waals surface area (Å²) >= 11 is 0. The summed E-state index contributed by atoms with van der Waals surface area (Å²) in [5.41, 5.74) is 0.376. The number of pyridine rings is 1. The zero-order chi connectivity index (χ0) is 13.8. The molecule has 102 valence electrons. The summed E-state index contributed by atoms with van der Waals surface area (Å²) in [5.74, 6) is -0.335. The second-order valence-electron chi connectivity index (χ2n) is 4.61. The summed E-state index contributed by atoms with van der Waals surface area (Å²) < 4.78 is 0. The fourth-order valence-corrected chi connectivity index (χ4v) is 2.19. The van der Waals surface area contributed by atoms with Crippen molar-refractivity contribution in [2.75, 3.05) is 33.7 Å². The highest BCUT2D eigenvalue weighted by atomic mass is 16.2. The molecule has 6 nitrogen and oxygen atoms in total. The maximum Gasteiger partial charge on any atom is 0.273 e. The lowest BCUT2D eigenvalue weighted by molar-refractivity contribution is -0.126. The van der Waals surface area contributed by atoms with Gasteiger partial charge in [0.1, 0.15) is 11.7 Å². The van der Waals surface area contributed by atoms with Gasteiger partial charge in [0.15, 0.2) is 0 Å². The second-order valence-corrected chi connectivity index (χ2v) is 4.61. The van der Waals surface area contributed by atoms with Crippen LogP contribution in [0.4, 0.5) is 0 Å². The van der Waals surface area contributed by atoms with Crippen LogP contribution in [0.3, 0.4) is 0 Å². The summed E-state index contributed by atoms with van der Waals surface area (Å²) in [5, 5.41) is 2.61. The van der Waals surface area contributed by atoms with Gasteiger partial charge in [-0.3, -0.25) is 14.6 Å². The van der Waals surface area contributed by atoms with E-state index in [1.807, 2.05) is 11.9 Å². The van der Waals surface area contributed by atoms with Crippen LogP contribution in [-0.2, 0) is 4.79 Å². The van der Waals surface area contributed by atoms with E-state index in [-0.39, 0.29) is 11.8 Å². The van der Waals surface area contributed by atoms with E-state index in [1.165, 1.54) is 0 Å². The fourth-order valence-electron chi connectivity index (χ4n) is 2.19. The van der Waals surface area contributed by atoms with E-state index < -0.39 is 6.04 Å². The Hall–Kier alpha value is -1.95. The first-order chi connectivity index (χ1) is 9.13. The normalized spacial score (nSPS) is 20.1. The minimum absolute atomic E-state index is 0.143. The van der Waals surface area contributed by atoms with Crippen LogP contribution in [0.25, 0.3) is 0 Å². The number of likely N-dealkylation sites (N-methyl/N-ethyl adjacent to an activating group) is 2. The van der Waals surface area contributed by atoms with Gasteiger partial charge >= 0.3 is 0 Å². The van der Waals surface area contributed by atoms with Gasteiger partial charge in [0.2, 0.25) is 5.91 Å². The number of aromatic nitrogens is 1. The minimum Gasteiger partial charge on any atom is -0.357 e. The molecule has 1 atom stereocenters. The Balaban J connectivity index is 2.21. The van der Waals surface area contributed by atoms with E-state index in [2.05, 4.69) is 10.3 Å². The highest BCUT2D eigenvalue weighted by Gasteiger charge is 2.34. The number of rotatable bonds is 2. The first-order valence-corrected chi connectivity index (χ1v) is 6.25. The molecule has 1 aromatic heterocycles. The van der Waals surface area contributed by atoms with Gasteiger partial charge in [-0.05, 0) is 19.2 Å². The third-order valence-corrected chi connectivity index (χ3v) is 3.28. The summed E-state index contributed by atoms with van der Waals surface area (Å²) in [4.78, 5) is 32.0. The van der Waals surface area contributed by atoms with E-state index in [9.17, 15) is 9.59 Å². The van der Waals surface area contributed by atoms with Crippen molar-refractivity contribution in [2.45, 2.75) is 6.04 Å². The smallest absolute Gasteiger partial charge is 0.273 e. The Kier molecular flexibility index (Phi) is 4.11. The third-order valence-electron chi connectivity index (χ3n) is 3.28. The van der Waals surface area contributed by atoms with Crippen LogP contribution in [0.2, 0.25) is 0 Å². The second kappa shape index (κ2) is 5.79. The molecule has 19 heavy (non-hydrogen) atoms. The molecule has 1 saturated heterocycles. The molecule has 0 unspecified atom stereocenters. The largest absolute Gasteiger partial charge is 0.357 e. The van der Waals surface area contributed by atoms with Crippen molar-refractivity contribution in [2.24, 2.45) is 0 Å². The first-order valence-electron chi connectivity index (χ1n) is 6.25. The quantitative estimate of drug-likeness (QED) is 0.786. The van der Waals surface area contributed by atoms with Crippen molar-refractivity contribution >= 4 is 11.8 Å². The van der Waals surface area contributed by atoms with Crippen LogP contribution in [0.5, 0.6) is 0 Å². The van der Waals surface area contributed by atoms with E-state index >= 15 is 0 Å². The van der Waals surface area contributed by atoms with Crippen molar-refractivity contribution < 1.29 is 9.59 Å². The van der Waals surface area contributed by atoms with Gasteiger partial charge in [-0.2, -0.15) is 0 Å². The van der Waals surface area contributed by atoms with Crippen LogP contribution >= 0.6 is 0 Å². The Labute approximate surface area is 112 Å². The summed E-state index contributed by atoms with van der Waals surface area (Å²) in [6, 6.07) is 4.74. The van der Waals surface area contributed by atoms with Crippen LogP contribution in [-0.4, -0.2) is 66.4 Å². The lowest BCUT2D eigenvalue weighted by Crippen LogP contribution is -2.59. The summed E-state index contributed by atoms with van der Waals surface area (Å²) in [7, 11) is 3.53. The zero-order valence-corrected chi connectivity index (χ0v) is 11.2. The molecule has 6 heteroatoms. The fraction of sp³-hybridized carbons (Fsp3) is 0.462. The Morgan fingerprint density at radius 3 is 2.79 bits per heavy atom. The molecule has 1 fully saturated rings. The number of nitrogens with zero attached hydrogens (tertiary/aromatic N) is 3. The van der Waals surface area contributed by atoms with Gasteiger partial charge < -0.3 is 15.1 Å². The number of carbonyl (C=O) groups is 2. The SMILES string of the molecule is CNC(=O)[C@@H]1CN(C)CCN1C(=O)c1ccccn1. The molecule has 2 rings (SSSR count). The summed E-state index contributed by atoms with van der Waals surface area (Å²) in [6.45, 7) is 1.83. The number of hydrogen-bond acceptors (Lipinski definition) is 4. The number of hydrogen-bond donors (Lipinski definition) is 1. The molecule has 0 bridgehead atoms. The molecular weight excluding hydrogens is 244 g/mol. The Bertz CT molecular complexity index is 463. The average molecular weight is 262 g/mol. The zero-order valence-electron chi connectivity index (χ0n) is 11.2.